The second kappa shape index (κ2) is 11.5. The second-order valence-corrected chi connectivity index (χ2v) is 7.31. The number of hydrogen-bond donors (Lipinski definition) is 2. The molecule has 1 saturated carbocycles. The highest BCUT2D eigenvalue weighted by Crippen LogP contribution is 2.19. The maximum absolute atomic E-state index is 6.04. The minimum atomic E-state index is 0.438. The molecule has 1 aliphatic carbocycles. The van der Waals surface area contributed by atoms with Gasteiger partial charge >= 0.3 is 0 Å². The first-order chi connectivity index (χ1) is 13.8. The van der Waals surface area contributed by atoms with Crippen LogP contribution in [0.1, 0.15) is 49.7 Å². The van der Waals surface area contributed by atoms with Gasteiger partial charge in [0.2, 0.25) is 0 Å². The number of rotatable bonds is 8. The topological polar surface area (TPSA) is 63.5 Å². The van der Waals surface area contributed by atoms with E-state index in [1.165, 1.54) is 49.7 Å². The number of hydrogen-bond acceptors (Lipinski definition) is 3. The van der Waals surface area contributed by atoms with Gasteiger partial charge in [-0.25, -0.2) is 0 Å². The number of aromatic nitrogens is 2. The Bertz CT molecular complexity index is 705. The average molecular weight is 384 g/mol. The Morgan fingerprint density at radius 3 is 2.61 bits per heavy atom. The van der Waals surface area contributed by atoms with Crippen molar-refractivity contribution in [3.63, 3.8) is 0 Å². The fourth-order valence-electron chi connectivity index (χ4n) is 3.66. The molecule has 0 bridgehead atoms. The highest BCUT2D eigenvalue weighted by Gasteiger charge is 2.12. The van der Waals surface area contributed by atoms with Crippen LogP contribution >= 0.6 is 0 Å². The summed E-state index contributed by atoms with van der Waals surface area (Å²) in [4.78, 5) is 4.33. The molecule has 0 amide bonds. The molecule has 0 radical (unpaired) electrons. The largest absolute Gasteiger partial charge is 0.376 e. The third kappa shape index (κ3) is 6.68. The molecular weight excluding hydrogens is 350 g/mol. The Hall–Kier alpha value is -2.34. The summed E-state index contributed by atoms with van der Waals surface area (Å²) in [6.45, 7) is 2.99. The predicted octanol–water partition coefficient (Wildman–Crippen LogP) is 3.34. The molecule has 6 heteroatoms. The number of nitrogens with zero attached hydrogens (tertiary/aromatic N) is 3. The van der Waals surface area contributed by atoms with Crippen LogP contribution in [-0.4, -0.2) is 42.0 Å². The zero-order valence-corrected chi connectivity index (χ0v) is 16.9. The van der Waals surface area contributed by atoms with Gasteiger partial charge in [0.15, 0.2) is 5.96 Å². The van der Waals surface area contributed by atoms with Crippen LogP contribution in [0.15, 0.2) is 47.7 Å². The fourth-order valence-corrected chi connectivity index (χ4v) is 3.66. The Kier molecular flexibility index (Phi) is 8.37. The molecule has 1 heterocycles. The first-order valence-corrected chi connectivity index (χ1v) is 10.5. The summed E-state index contributed by atoms with van der Waals surface area (Å²) in [5.74, 6) is 0.804. The molecule has 1 aromatic carbocycles. The van der Waals surface area contributed by atoms with E-state index in [-0.39, 0.29) is 0 Å². The van der Waals surface area contributed by atoms with Gasteiger partial charge < -0.3 is 15.4 Å². The maximum atomic E-state index is 6.04. The first-order valence-electron chi connectivity index (χ1n) is 10.5. The number of nitrogens with one attached hydrogen (secondary N) is 2. The smallest absolute Gasteiger partial charge is 0.191 e. The van der Waals surface area contributed by atoms with E-state index >= 15 is 0 Å². The molecule has 0 aliphatic heterocycles. The van der Waals surface area contributed by atoms with Crippen molar-refractivity contribution in [1.82, 2.24) is 20.4 Å². The third-order valence-corrected chi connectivity index (χ3v) is 5.23. The van der Waals surface area contributed by atoms with E-state index in [9.17, 15) is 0 Å². The molecule has 0 saturated heterocycles. The van der Waals surface area contributed by atoms with Crippen molar-refractivity contribution in [2.45, 2.75) is 57.7 Å². The van der Waals surface area contributed by atoms with Gasteiger partial charge in [0.1, 0.15) is 0 Å². The number of aliphatic imine (C=N–C) groups is 1. The SMILES string of the molecule is CN=C(NCCOC1CCCCCC1)NCc1ccccc1Cn1cccn1. The quantitative estimate of drug-likeness (QED) is 0.318. The monoisotopic (exact) mass is 383 g/mol. The molecule has 1 fully saturated rings. The van der Waals surface area contributed by atoms with Crippen molar-refractivity contribution in [2.75, 3.05) is 20.2 Å². The zero-order chi connectivity index (χ0) is 19.4. The summed E-state index contributed by atoms with van der Waals surface area (Å²) < 4.78 is 7.98. The van der Waals surface area contributed by atoms with Crippen LogP contribution in [0.25, 0.3) is 0 Å². The van der Waals surface area contributed by atoms with Gasteiger partial charge in [-0.05, 0) is 30.0 Å². The van der Waals surface area contributed by atoms with E-state index < -0.39 is 0 Å². The van der Waals surface area contributed by atoms with Crippen LogP contribution in [0.2, 0.25) is 0 Å². The molecule has 0 spiro atoms. The van der Waals surface area contributed by atoms with Crippen LogP contribution in [-0.2, 0) is 17.8 Å². The summed E-state index contributed by atoms with van der Waals surface area (Å²) in [6, 6.07) is 10.4. The van der Waals surface area contributed by atoms with Crippen molar-refractivity contribution in [3.05, 3.63) is 53.9 Å². The summed E-state index contributed by atoms with van der Waals surface area (Å²) >= 11 is 0. The zero-order valence-electron chi connectivity index (χ0n) is 16.9. The molecule has 0 unspecified atom stereocenters. The lowest BCUT2D eigenvalue weighted by Gasteiger charge is -2.17. The van der Waals surface area contributed by atoms with Crippen LogP contribution < -0.4 is 10.6 Å². The fraction of sp³-hybridized carbons (Fsp3) is 0.545. The summed E-state index contributed by atoms with van der Waals surface area (Å²) in [5.41, 5.74) is 2.50. The molecule has 2 aromatic rings. The normalized spacial score (nSPS) is 16.0. The van der Waals surface area contributed by atoms with Gasteiger partial charge in [0.05, 0.1) is 19.3 Å². The standard InChI is InChI=1S/C22H33N5O/c1-23-22(24-14-16-28-21-11-4-2-3-5-12-21)25-17-19-9-6-7-10-20(19)18-27-15-8-13-26-27/h6-10,13,15,21H,2-5,11-12,14,16-18H2,1H3,(H2,23,24,25). The number of benzene rings is 1. The highest BCUT2D eigenvalue weighted by molar-refractivity contribution is 5.79. The van der Waals surface area contributed by atoms with Gasteiger partial charge in [-0.2, -0.15) is 5.10 Å². The lowest BCUT2D eigenvalue weighted by molar-refractivity contribution is 0.0468. The van der Waals surface area contributed by atoms with Gasteiger partial charge in [-0.15, -0.1) is 0 Å². The number of guanidine groups is 1. The number of ether oxygens (including phenoxy) is 1. The lowest BCUT2D eigenvalue weighted by Crippen LogP contribution is -2.39. The minimum Gasteiger partial charge on any atom is -0.376 e. The van der Waals surface area contributed by atoms with E-state index in [2.05, 4.69) is 45.0 Å². The lowest BCUT2D eigenvalue weighted by atomic mass is 10.1. The molecule has 0 atom stereocenters. The van der Waals surface area contributed by atoms with Crippen LogP contribution in [0.3, 0.4) is 0 Å². The van der Waals surface area contributed by atoms with Crippen molar-refractivity contribution in [2.24, 2.45) is 4.99 Å². The molecule has 1 aromatic heterocycles. The van der Waals surface area contributed by atoms with E-state index in [4.69, 9.17) is 4.74 Å². The van der Waals surface area contributed by atoms with Crippen molar-refractivity contribution < 1.29 is 4.74 Å². The van der Waals surface area contributed by atoms with E-state index in [1.54, 1.807) is 7.05 Å². The molecule has 3 rings (SSSR count). The Morgan fingerprint density at radius 1 is 1.11 bits per heavy atom. The van der Waals surface area contributed by atoms with Crippen molar-refractivity contribution in [3.8, 4) is 0 Å². The summed E-state index contributed by atoms with van der Waals surface area (Å²) in [5, 5.41) is 11.1. The van der Waals surface area contributed by atoms with E-state index in [0.29, 0.717) is 6.10 Å². The van der Waals surface area contributed by atoms with Gasteiger partial charge in [0, 0.05) is 32.5 Å². The van der Waals surface area contributed by atoms with Crippen LogP contribution in [0.4, 0.5) is 0 Å². The van der Waals surface area contributed by atoms with Gasteiger partial charge in [-0.1, -0.05) is 49.9 Å². The Labute approximate surface area is 168 Å². The molecule has 2 N–H and O–H groups in total. The minimum absolute atomic E-state index is 0.438. The molecular formula is C22H33N5O. The highest BCUT2D eigenvalue weighted by atomic mass is 16.5. The predicted molar refractivity (Wildman–Crippen MR) is 113 cm³/mol. The average Bonchev–Trinajstić information content (AvgIpc) is 3.09. The Morgan fingerprint density at radius 2 is 1.89 bits per heavy atom. The van der Waals surface area contributed by atoms with E-state index in [1.807, 2.05) is 23.1 Å². The molecule has 1 aliphatic rings. The Balaban J connectivity index is 1.41. The van der Waals surface area contributed by atoms with Crippen LogP contribution in [0, 0.1) is 0 Å². The molecule has 6 nitrogen and oxygen atoms in total. The summed E-state index contributed by atoms with van der Waals surface area (Å²) in [7, 11) is 1.80. The van der Waals surface area contributed by atoms with Gasteiger partial charge in [-0.3, -0.25) is 9.67 Å². The third-order valence-electron chi connectivity index (χ3n) is 5.23. The van der Waals surface area contributed by atoms with Crippen molar-refractivity contribution in [1.29, 1.82) is 0 Å². The van der Waals surface area contributed by atoms with E-state index in [0.717, 1.165) is 32.2 Å². The maximum Gasteiger partial charge on any atom is 0.191 e. The molecule has 28 heavy (non-hydrogen) atoms. The van der Waals surface area contributed by atoms with Crippen LogP contribution in [0.5, 0.6) is 0 Å². The van der Waals surface area contributed by atoms with Crippen molar-refractivity contribution >= 4 is 5.96 Å². The second-order valence-electron chi connectivity index (χ2n) is 7.31. The summed E-state index contributed by atoms with van der Waals surface area (Å²) in [6.07, 6.45) is 12.0. The molecule has 152 valence electrons. The first kappa shape index (κ1) is 20.4. The van der Waals surface area contributed by atoms with Gasteiger partial charge in [0.25, 0.3) is 0 Å².